The van der Waals surface area contributed by atoms with Gasteiger partial charge in [-0.15, -0.1) is 0 Å². The second kappa shape index (κ2) is 5.68. The highest BCUT2D eigenvalue weighted by Crippen LogP contribution is 2.49. The van der Waals surface area contributed by atoms with E-state index in [1.165, 1.54) is 12.8 Å². The molecule has 1 aromatic heterocycles. The number of hydrogen-bond acceptors (Lipinski definition) is 3. The van der Waals surface area contributed by atoms with Gasteiger partial charge in [0.2, 0.25) is 0 Å². The standard InChI is InChI=1S/C14H21BrN2O/c1-2-10-5-6-14(7-10,9-16)13(18)12-4-3-11(15)8-17-12/h3-4,8,10,13,18H,2,5-7,9,16H2,1H3. The summed E-state index contributed by atoms with van der Waals surface area (Å²) in [4.78, 5) is 4.31. The molecule has 3 N–H and O–H groups in total. The van der Waals surface area contributed by atoms with Crippen LogP contribution in [-0.2, 0) is 0 Å². The van der Waals surface area contributed by atoms with E-state index < -0.39 is 6.10 Å². The Labute approximate surface area is 117 Å². The smallest absolute Gasteiger partial charge is 0.103 e. The van der Waals surface area contributed by atoms with Crippen molar-refractivity contribution < 1.29 is 5.11 Å². The zero-order chi connectivity index (χ0) is 13.2. The third-order valence-electron chi connectivity index (χ3n) is 4.34. The van der Waals surface area contributed by atoms with Gasteiger partial charge >= 0.3 is 0 Å². The predicted molar refractivity (Wildman–Crippen MR) is 76.0 cm³/mol. The van der Waals surface area contributed by atoms with Gasteiger partial charge < -0.3 is 10.8 Å². The fraction of sp³-hybridized carbons (Fsp3) is 0.643. The van der Waals surface area contributed by atoms with E-state index in [2.05, 4.69) is 27.8 Å². The molecular formula is C14H21BrN2O. The first-order valence-corrected chi connectivity index (χ1v) is 7.40. The molecule has 1 aliphatic carbocycles. The van der Waals surface area contributed by atoms with Crippen molar-refractivity contribution >= 4 is 15.9 Å². The first-order valence-electron chi connectivity index (χ1n) is 6.61. The SMILES string of the molecule is CCC1CCC(CN)(C(O)c2ccc(Br)cn2)C1. The van der Waals surface area contributed by atoms with Gasteiger partial charge in [0.15, 0.2) is 0 Å². The van der Waals surface area contributed by atoms with Crippen molar-refractivity contribution in [2.75, 3.05) is 6.54 Å². The molecule has 1 heterocycles. The molecule has 3 unspecified atom stereocenters. The van der Waals surface area contributed by atoms with Crippen LogP contribution < -0.4 is 5.73 Å². The van der Waals surface area contributed by atoms with Crippen LogP contribution in [0.4, 0.5) is 0 Å². The van der Waals surface area contributed by atoms with E-state index in [-0.39, 0.29) is 5.41 Å². The lowest BCUT2D eigenvalue weighted by molar-refractivity contribution is 0.0268. The first-order chi connectivity index (χ1) is 8.61. The lowest BCUT2D eigenvalue weighted by Gasteiger charge is -2.33. The van der Waals surface area contributed by atoms with Crippen molar-refractivity contribution in [3.63, 3.8) is 0 Å². The maximum atomic E-state index is 10.6. The Morgan fingerprint density at radius 1 is 1.61 bits per heavy atom. The minimum Gasteiger partial charge on any atom is -0.386 e. The van der Waals surface area contributed by atoms with E-state index in [9.17, 15) is 5.11 Å². The Hall–Kier alpha value is -0.450. The number of aliphatic hydroxyl groups is 1. The highest BCUT2D eigenvalue weighted by molar-refractivity contribution is 9.10. The van der Waals surface area contributed by atoms with Crippen LogP contribution in [0.1, 0.15) is 44.4 Å². The molecule has 3 nitrogen and oxygen atoms in total. The molecule has 0 aliphatic heterocycles. The summed E-state index contributed by atoms with van der Waals surface area (Å²) in [6, 6.07) is 3.80. The average Bonchev–Trinajstić information content (AvgIpc) is 2.84. The molecule has 1 fully saturated rings. The molecule has 3 atom stereocenters. The summed E-state index contributed by atoms with van der Waals surface area (Å²) in [6.45, 7) is 2.74. The molecule has 0 spiro atoms. The fourth-order valence-electron chi connectivity index (χ4n) is 3.03. The summed E-state index contributed by atoms with van der Waals surface area (Å²) >= 11 is 3.36. The Bertz CT molecular complexity index is 395. The van der Waals surface area contributed by atoms with Crippen molar-refractivity contribution in [3.05, 3.63) is 28.5 Å². The van der Waals surface area contributed by atoms with Crippen molar-refractivity contribution in [1.29, 1.82) is 0 Å². The molecular weight excluding hydrogens is 292 g/mol. The van der Waals surface area contributed by atoms with Gasteiger partial charge in [-0.2, -0.15) is 0 Å². The number of nitrogens with two attached hydrogens (primary N) is 1. The molecule has 0 radical (unpaired) electrons. The van der Waals surface area contributed by atoms with Gasteiger partial charge in [0, 0.05) is 22.6 Å². The quantitative estimate of drug-likeness (QED) is 0.898. The van der Waals surface area contributed by atoms with Crippen LogP contribution in [0.3, 0.4) is 0 Å². The zero-order valence-electron chi connectivity index (χ0n) is 10.8. The monoisotopic (exact) mass is 312 g/mol. The molecule has 1 saturated carbocycles. The van der Waals surface area contributed by atoms with Crippen LogP contribution in [0.5, 0.6) is 0 Å². The lowest BCUT2D eigenvalue weighted by atomic mass is 9.78. The second-order valence-corrected chi connectivity index (χ2v) is 6.30. The normalized spacial score (nSPS) is 29.4. The van der Waals surface area contributed by atoms with Crippen LogP contribution >= 0.6 is 15.9 Å². The molecule has 0 saturated heterocycles. The minimum absolute atomic E-state index is 0.179. The van der Waals surface area contributed by atoms with Crippen LogP contribution in [-0.4, -0.2) is 16.6 Å². The van der Waals surface area contributed by atoms with Crippen LogP contribution in [0.2, 0.25) is 0 Å². The van der Waals surface area contributed by atoms with E-state index in [1.54, 1.807) is 6.20 Å². The molecule has 2 rings (SSSR count). The molecule has 0 amide bonds. The third-order valence-corrected chi connectivity index (χ3v) is 4.81. The van der Waals surface area contributed by atoms with Crippen LogP contribution in [0.15, 0.2) is 22.8 Å². The molecule has 18 heavy (non-hydrogen) atoms. The number of hydrogen-bond donors (Lipinski definition) is 2. The lowest BCUT2D eigenvalue weighted by Crippen LogP contribution is -2.35. The van der Waals surface area contributed by atoms with E-state index >= 15 is 0 Å². The van der Waals surface area contributed by atoms with Gasteiger partial charge in [-0.3, -0.25) is 4.98 Å². The molecule has 4 heteroatoms. The van der Waals surface area contributed by atoms with Crippen molar-refractivity contribution in [2.45, 2.75) is 38.7 Å². The minimum atomic E-state index is -0.549. The van der Waals surface area contributed by atoms with E-state index in [1.807, 2.05) is 12.1 Å². The zero-order valence-corrected chi connectivity index (χ0v) is 12.4. The highest BCUT2D eigenvalue weighted by Gasteiger charge is 2.44. The second-order valence-electron chi connectivity index (χ2n) is 5.39. The molecule has 0 bridgehead atoms. The topological polar surface area (TPSA) is 59.1 Å². The first kappa shape index (κ1) is 14.0. The van der Waals surface area contributed by atoms with Gasteiger partial charge in [-0.05, 0) is 53.2 Å². The maximum Gasteiger partial charge on any atom is 0.103 e. The summed E-state index contributed by atoms with van der Waals surface area (Å²) in [5.41, 5.74) is 6.51. The fourth-order valence-corrected chi connectivity index (χ4v) is 3.26. The predicted octanol–water partition coefficient (Wildman–Crippen LogP) is 3.03. The summed E-state index contributed by atoms with van der Waals surface area (Å²) in [6.07, 6.45) is 5.53. The molecule has 1 aromatic rings. The number of rotatable bonds is 4. The van der Waals surface area contributed by atoms with Gasteiger partial charge in [0.1, 0.15) is 6.10 Å². The number of nitrogens with zero attached hydrogens (tertiary/aromatic N) is 1. The number of aliphatic hydroxyl groups excluding tert-OH is 1. The summed E-state index contributed by atoms with van der Waals surface area (Å²) < 4.78 is 0.929. The van der Waals surface area contributed by atoms with Crippen molar-refractivity contribution in [3.8, 4) is 0 Å². The maximum absolute atomic E-state index is 10.6. The van der Waals surface area contributed by atoms with Crippen LogP contribution in [0, 0.1) is 11.3 Å². The van der Waals surface area contributed by atoms with E-state index in [0.717, 1.165) is 23.0 Å². The average molecular weight is 313 g/mol. The largest absolute Gasteiger partial charge is 0.386 e. The Morgan fingerprint density at radius 2 is 2.39 bits per heavy atom. The Kier molecular flexibility index (Phi) is 4.41. The summed E-state index contributed by atoms with van der Waals surface area (Å²) in [5, 5.41) is 10.6. The molecule has 0 aromatic carbocycles. The molecule has 100 valence electrons. The number of aromatic nitrogens is 1. The third kappa shape index (κ3) is 2.60. The van der Waals surface area contributed by atoms with Gasteiger partial charge in [-0.25, -0.2) is 0 Å². The summed E-state index contributed by atoms with van der Waals surface area (Å²) in [7, 11) is 0. The van der Waals surface area contributed by atoms with E-state index in [4.69, 9.17) is 5.73 Å². The summed E-state index contributed by atoms with van der Waals surface area (Å²) in [5.74, 6) is 0.693. The van der Waals surface area contributed by atoms with E-state index in [0.29, 0.717) is 12.5 Å². The van der Waals surface area contributed by atoms with Crippen molar-refractivity contribution in [1.82, 2.24) is 4.98 Å². The Morgan fingerprint density at radius 3 is 2.89 bits per heavy atom. The molecule has 1 aliphatic rings. The highest BCUT2D eigenvalue weighted by atomic mass is 79.9. The number of halogens is 1. The van der Waals surface area contributed by atoms with Crippen molar-refractivity contribution in [2.24, 2.45) is 17.1 Å². The van der Waals surface area contributed by atoms with Gasteiger partial charge in [-0.1, -0.05) is 13.3 Å². The van der Waals surface area contributed by atoms with Gasteiger partial charge in [0.05, 0.1) is 5.69 Å². The Balaban J connectivity index is 2.20. The number of pyridine rings is 1. The van der Waals surface area contributed by atoms with Gasteiger partial charge in [0.25, 0.3) is 0 Å². The van der Waals surface area contributed by atoms with Crippen LogP contribution in [0.25, 0.3) is 0 Å².